The number of benzene rings is 1. The summed E-state index contributed by atoms with van der Waals surface area (Å²) in [5, 5.41) is 3.70. The zero-order chi connectivity index (χ0) is 19.7. The van der Waals surface area contributed by atoms with E-state index < -0.39 is 0 Å². The molecule has 4 rings (SSSR count). The van der Waals surface area contributed by atoms with Gasteiger partial charge in [0.2, 0.25) is 5.91 Å². The van der Waals surface area contributed by atoms with E-state index in [0.29, 0.717) is 18.7 Å². The summed E-state index contributed by atoms with van der Waals surface area (Å²) < 4.78 is 13.3. The highest BCUT2D eigenvalue weighted by Gasteiger charge is 2.33. The van der Waals surface area contributed by atoms with E-state index in [4.69, 9.17) is 11.6 Å². The molecule has 144 valence electrons. The first-order valence-corrected chi connectivity index (χ1v) is 10.5. The molecule has 1 saturated carbocycles. The van der Waals surface area contributed by atoms with Gasteiger partial charge in [-0.05, 0) is 55.5 Å². The Balaban J connectivity index is 1.64. The summed E-state index contributed by atoms with van der Waals surface area (Å²) in [4.78, 5) is 24.5. The van der Waals surface area contributed by atoms with Crippen molar-refractivity contribution in [2.45, 2.75) is 23.4 Å². The summed E-state index contributed by atoms with van der Waals surface area (Å²) in [6.07, 6.45) is 4.95. The van der Waals surface area contributed by atoms with Gasteiger partial charge in [0.1, 0.15) is 11.6 Å². The molecule has 1 aromatic carbocycles. The number of rotatable bonds is 5. The van der Waals surface area contributed by atoms with E-state index in [0.717, 1.165) is 27.7 Å². The van der Waals surface area contributed by atoms with Crippen molar-refractivity contribution in [1.29, 1.82) is 0 Å². The van der Waals surface area contributed by atoms with Gasteiger partial charge in [0, 0.05) is 28.6 Å². The fraction of sp³-hybridized carbons (Fsp3) is 0.250. The molecule has 0 atom stereocenters. The highest BCUT2D eigenvalue weighted by molar-refractivity contribution is 7.98. The number of H-pyrrole nitrogens is 1. The predicted octanol–water partition coefficient (Wildman–Crippen LogP) is 4.96. The largest absolute Gasteiger partial charge is 0.332 e. The van der Waals surface area contributed by atoms with Crippen LogP contribution in [0.2, 0.25) is 0 Å². The number of carbonyl (C=O) groups excluding carboxylic acids is 1. The highest BCUT2D eigenvalue weighted by Crippen LogP contribution is 2.34. The number of pyridine rings is 1. The lowest BCUT2D eigenvalue weighted by atomic mass is 9.84. The average Bonchev–Trinajstić information content (AvgIpc) is 3.11. The maximum Gasteiger partial charge on any atom is 0.228 e. The number of nitrogens with zero attached hydrogens (tertiary/aromatic N) is 2. The Morgan fingerprint density at radius 1 is 1.25 bits per heavy atom. The van der Waals surface area contributed by atoms with Gasteiger partial charge in [-0.3, -0.25) is 4.79 Å². The van der Waals surface area contributed by atoms with Gasteiger partial charge < -0.3 is 10.3 Å². The minimum Gasteiger partial charge on any atom is -0.332 e. The molecule has 0 bridgehead atoms. The predicted molar refractivity (Wildman–Crippen MR) is 110 cm³/mol. The maximum atomic E-state index is 13.3. The SMILES string of the molecule is CSc1nc(-c2ccnc(NC(=O)C3CC(Cl)C3)c2)c(-c2ccc(F)cc2)[nH]1. The van der Waals surface area contributed by atoms with E-state index in [9.17, 15) is 9.18 Å². The number of aromatic amines is 1. The van der Waals surface area contributed by atoms with E-state index in [2.05, 4.69) is 20.3 Å². The molecule has 5 nitrogen and oxygen atoms in total. The molecule has 1 amide bonds. The van der Waals surface area contributed by atoms with Gasteiger partial charge >= 0.3 is 0 Å². The van der Waals surface area contributed by atoms with E-state index in [1.807, 2.05) is 12.3 Å². The molecule has 1 aliphatic rings. The Hall–Kier alpha value is -2.38. The topological polar surface area (TPSA) is 70.7 Å². The molecule has 8 heteroatoms. The van der Waals surface area contributed by atoms with Gasteiger partial charge in [0.05, 0.1) is 11.4 Å². The van der Waals surface area contributed by atoms with Crippen LogP contribution in [0.25, 0.3) is 22.5 Å². The van der Waals surface area contributed by atoms with Crippen molar-refractivity contribution in [3.05, 3.63) is 48.4 Å². The lowest BCUT2D eigenvalue weighted by molar-refractivity contribution is -0.122. The highest BCUT2D eigenvalue weighted by atomic mass is 35.5. The van der Waals surface area contributed by atoms with Crippen LogP contribution in [-0.4, -0.2) is 32.5 Å². The molecule has 2 heterocycles. The molecule has 0 unspecified atom stereocenters. The molecule has 0 radical (unpaired) electrons. The zero-order valence-electron chi connectivity index (χ0n) is 15.1. The summed E-state index contributed by atoms with van der Waals surface area (Å²) in [6, 6.07) is 9.88. The quantitative estimate of drug-likeness (QED) is 0.455. The van der Waals surface area contributed by atoms with Crippen LogP contribution in [0.4, 0.5) is 10.2 Å². The van der Waals surface area contributed by atoms with Crippen LogP contribution in [-0.2, 0) is 4.79 Å². The average molecular weight is 417 g/mol. The fourth-order valence-corrected chi connectivity index (χ4v) is 3.94. The number of thioether (sulfide) groups is 1. The van der Waals surface area contributed by atoms with Crippen molar-refractivity contribution in [1.82, 2.24) is 15.0 Å². The first-order valence-electron chi connectivity index (χ1n) is 8.85. The number of hydrogen-bond acceptors (Lipinski definition) is 4. The Labute approximate surface area is 171 Å². The lowest BCUT2D eigenvalue weighted by Gasteiger charge is -2.29. The number of anilines is 1. The maximum absolute atomic E-state index is 13.3. The molecular formula is C20H18ClFN4OS. The molecule has 3 aromatic rings. The van der Waals surface area contributed by atoms with E-state index >= 15 is 0 Å². The van der Waals surface area contributed by atoms with Crippen molar-refractivity contribution >= 4 is 35.1 Å². The van der Waals surface area contributed by atoms with Gasteiger partial charge in [-0.1, -0.05) is 11.8 Å². The Bertz CT molecular complexity index is 1000. The Kier molecular flexibility index (Phi) is 5.37. The lowest BCUT2D eigenvalue weighted by Crippen LogP contribution is -2.35. The van der Waals surface area contributed by atoms with Gasteiger partial charge in [0.15, 0.2) is 5.16 Å². The normalized spacial score (nSPS) is 18.5. The van der Waals surface area contributed by atoms with Crippen LogP contribution >= 0.6 is 23.4 Å². The summed E-state index contributed by atoms with van der Waals surface area (Å²) in [7, 11) is 0. The second-order valence-electron chi connectivity index (χ2n) is 6.66. The molecule has 1 fully saturated rings. The van der Waals surface area contributed by atoms with E-state index in [1.165, 1.54) is 23.9 Å². The molecule has 28 heavy (non-hydrogen) atoms. The number of hydrogen-bond donors (Lipinski definition) is 2. The van der Waals surface area contributed by atoms with Crippen LogP contribution in [0.5, 0.6) is 0 Å². The third kappa shape index (κ3) is 3.91. The van der Waals surface area contributed by atoms with Gasteiger partial charge in [-0.2, -0.15) is 0 Å². The van der Waals surface area contributed by atoms with E-state index in [-0.39, 0.29) is 23.0 Å². The molecule has 1 aliphatic carbocycles. The second kappa shape index (κ2) is 7.93. The summed E-state index contributed by atoms with van der Waals surface area (Å²) >= 11 is 7.45. The van der Waals surface area contributed by atoms with Crippen molar-refractivity contribution in [3.8, 4) is 22.5 Å². The number of halogens is 2. The standard InChI is InChI=1S/C20H18ClFN4OS/c1-28-20-25-17(11-2-4-15(22)5-3-11)18(26-20)12-6-7-23-16(10-12)24-19(27)13-8-14(21)9-13/h2-7,10,13-14H,8-9H2,1H3,(H,25,26)(H,23,24,27). The smallest absolute Gasteiger partial charge is 0.228 e. The number of imidazole rings is 1. The summed E-state index contributed by atoms with van der Waals surface area (Å²) in [6.45, 7) is 0. The first-order chi connectivity index (χ1) is 13.5. The number of carbonyl (C=O) groups is 1. The monoisotopic (exact) mass is 416 g/mol. The number of nitrogens with one attached hydrogen (secondary N) is 2. The molecular weight excluding hydrogens is 399 g/mol. The minimum atomic E-state index is -0.293. The Morgan fingerprint density at radius 2 is 2.00 bits per heavy atom. The molecule has 0 spiro atoms. The van der Waals surface area contributed by atoms with Crippen LogP contribution in [0, 0.1) is 11.7 Å². The molecule has 0 saturated heterocycles. The molecule has 2 N–H and O–H groups in total. The van der Waals surface area contributed by atoms with Crippen LogP contribution in [0.3, 0.4) is 0 Å². The van der Waals surface area contributed by atoms with Crippen molar-refractivity contribution < 1.29 is 9.18 Å². The fourth-order valence-electron chi connectivity index (χ4n) is 3.12. The summed E-state index contributed by atoms with van der Waals surface area (Å²) in [5.41, 5.74) is 3.15. The van der Waals surface area contributed by atoms with Gasteiger partial charge in [-0.15, -0.1) is 11.6 Å². The number of amides is 1. The molecule has 0 aliphatic heterocycles. The van der Waals surface area contributed by atoms with Gasteiger partial charge in [-0.25, -0.2) is 14.4 Å². The van der Waals surface area contributed by atoms with Crippen molar-refractivity contribution in [2.75, 3.05) is 11.6 Å². The third-order valence-electron chi connectivity index (χ3n) is 4.74. The zero-order valence-corrected chi connectivity index (χ0v) is 16.6. The van der Waals surface area contributed by atoms with Crippen LogP contribution < -0.4 is 5.32 Å². The minimum absolute atomic E-state index is 0.0591. The van der Waals surface area contributed by atoms with Gasteiger partial charge in [0.25, 0.3) is 0 Å². The Morgan fingerprint density at radius 3 is 2.68 bits per heavy atom. The first kappa shape index (κ1) is 19.0. The van der Waals surface area contributed by atoms with Crippen LogP contribution in [0.1, 0.15) is 12.8 Å². The number of alkyl halides is 1. The number of aromatic nitrogens is 3. The van der Waals surface area contributed by atoms with E-state index in [1.54, 1.807) is 24.4 Å². The second-order valence-corrected chi connectivity index (χ2v) is 8.07. The van der Waals surface area contributed by atoms with Crippen LogP contribution in [0.15, 0.2) is 47.8 Å². The summed E-state index contributed by atoms with van der Waals surface area (Å²) in [5.74, 6) is 0.0571. The molecule has 2 aromatic heterocycles. The van der Waals surface area contributed by atoms with Crippen molar-refractivity contribution in [3.63, 3.8) is 0 Å². The van der Waals surface area contributed by atoms with Crippen molar-refractivity contribution in [2.24, 2.45) is 5.92 Å². The third-order valence-corrected chi connectivity index (χ3v) is 5.68.